The number of nitrogens with zero attached hydrogens (tertiary/aromatic N) is 4. The smallest absolute Gasteiger partial charge is 0.248 e. The second kappa shape index (κ2) is 12.1. The number of rotatable bonds is 12. The minimum atomic E-state index is -0.502. The van der Waals surface area contributed by atoms with Crippen LogP contribution in [-0.4, -0.2) is 57.2 Å². The number of aliphatic hydroxyl groups excluding tert-OH is 1. The molecule has 0 unspecified atom stereocenters. The van der Waals surface area contributed by atoms with Crippen LogP contribution < -0.4 is 14.8 Å². The van der Waals surface area contributed by atoms with Crippen LogP contribution in [0.4, 0.5) is 11.5 Å². The molecule has 0 atom stereocenters. The van der Waals surface area contributed by atoms with E-state index >= 15 is 0 Å². The first-order valence-electron chi connectivity index (χ1n) is 12.4. The van der Waals surface area contributed by atoms with E-state index in [0.717, 1.165) is 24.2 Å². The molecule has 2 N–H and O–H groups in total. The standard InChI is InChI=1S/C28H28ClN5O4/c29-22-14-20(9-10-24(22)38-17-21-4-1-2-11-30-21)33-28-27-23(31-18-32-28)5-3-6-25(27)37-13-12-34(26(36)16-35)15-19-7-8-19/h1-6,9-11,14,18-19,35H,7-8,12-13,15-17H2,(H,31,32,33). The number of ether oxygens (including phenoxy) is 2. The van der Waals surface area contributed by atoms with Crippen LogP contribution in [0.2, 0.25) is 5.02 Å². The monoisotopic (exact) mass is 533 g/mol. The van der Waals surface area contributed by atoms with Crippen molar-refractivity contribution < 1.29 is 19.4 Å². The van der Waals surface area contributed by atoms with Gasteiger partial charge in [0, 0.05) is 18.4 Å². The van der Waals surface area contributed by atoms with Gasteiger partial charge in [0.05, 0.1) is 28.2 Å². The SMILES string of the molecule is O=C(CO)N(CCOc1cccc2ncnc(Nc3ccc(OCc4ccccn4)c(Cl)c3)c12)CC1CC1. The molecule has 2 aromatic carbocycles. The number of hydrogen-bond donors (Lipinski definition) is 2. The molecule has 0 bridgehead atoms. The molecule has 38 heavy (non-hydrogen) atoms. The van der Waals surface area contributed by atoms with E-state index in [1.807, 2.05) is 42.5 Å². The van der Waals surface area contributed by atoms with E-state index < -0.39 is 6.61 Å². The van der Waals surface area contributed by atoms with Gasteiger partial charge < -0.3 is 24.8 Å². The third-order valence-electron chi connectivity index (χ3n) is 6.20. The Hall–Kier alpha value is -3.95. The van der Waals surface area contributed by atoms with Gasteiger partial charge in [0.25, 0.3) is 0 Å². The van der Waals surface area contributed by atoms with Gasteiger partial charge >= 0.3 is 0 Å². The first kappa shape index (κ1) is 25.7. The van der Waals surface area contributed by atoms with Crippen molar-refractivity contribution in [1.82, 2.24) is 19.9 Å². The summed E-state index contributed by atoms with van der Waals surface area (Å²) in [5.74, 6) is 1.94. The molecular weight excluding hydrogens is 506 g/mol. The zero-order valence-corrected chi connectivity index (χ0v) is 21.5. The number of nitrogens with one attached hydrogen (secondary N) is 1. The van der Waals surface area contributed by atoms with Gasteiger partial charge in [-0.05, 0) is 61.2 Å². The maximum absolute atomic E-state index is 12.1. The number of anilines is 2. The van der Waals surface area contributed by atoms with E-state index in [0.29, 0.717) is 58.9 Å². The van der Waals surface area contributed by atoms with Crippen LogP contribution >= 0.6 is 11.6 Å². The number of aliphatic hydroxyl groups is 1. The molecule has 2 aromatic heterocycles. The van der Waals surface area contributed by atoms with Gasteiger partial charge in [-0.25, -0.2) is 9.97 Å². The van der Waals surface area contributed by atoms with Gasteiger partial charge in [-0.15, -0.1) is 0 Å². The molecule has 0 saturated heterocycles. The number of carbonyl (C=O) groups is 1. The molecule has 1 saturated carbocycles. The molecule has 9 nitrogen and oxygen atoms in total. The van der Waals surface area contributed by atoms with Crippen molar-refractivity contribution in [2.75, 3.05) is 31.6 Å². The number of carbonyl (C=O) groups excluding carboxylic acids is 1. The van der Waals surface area contributed by atoms with Gasteiger partial charge in [-0.1, -0.05) is 23.7 Å². The van der Waals surface area contributed by atoms with Crippen LogP contribution in [-0.2, 0) is 11.4 Å². The quantitative estimate of drug-likeness (QED) is 0.272. The van der Waals surface area contributed by atoms with Gasteiger partial charge in [-0.2, -0.15) is 0 Å². The van der Waals surface area contributed by atoms with E-state index in [9.17, 15) is 9.90 Å². The summed E-state index contributed by atoms with van der Waals surface area (Å²) in [6.45, 7) is 1.12. The first-order valence-corrected chi connectivity index (χ1v) is 12.8. The van der Waals surface area contributed by atoms with Crippen molar-refractivity contribution in [2.24, 2.45) is 5.92 Å². The molecule has 1 aliphatic carbocycles. The molecule has 10 heteroatoms. The van der Waals surface area contributed by atoms with Crippen LogP contribution in [0.3, 0.4) is 0 Å². The van der Waals surface area contributed by atoms with Crippen molar-refractivity contribution in [3.05, 3.63) is 77.8 Å². The fourth-order valence-electron chi connectivity index (χ4n) is 4.06. The fourth-order valence-corrected chi connectivity index (χ4v) is 4.29. The molecule has 0 aliphatic heterocycles. The van der Waals surface area contributed by atoms with Crippen LogP contribution in [0, 0.1) is 5.92 Å². The van der Waals surface area contributed by atoms with Crippen molar-refractivity contribution >= 4 is 39.9 Å². The highest BCUT2D eigenvalue weighted by Gasteiger charge is 2.26. The number of halogens is 1. The molecule has 1 aliphatic rings. The lowest BCUT2D eigenvalue weighted by molar-refractivity contribution is -0.134. The summed E-state index contributed by atoms with van der Waals surface area (Å²) in [6, 6.07) is 16.6. The second-order valence-electron chi connectivity index (χ2n) is 9.04. The molecule has 2 heterocycles. The van der Waals surface area contributed by atoms with Crippen molar-refractivity contribution in [3.8, 4) is 11.5 Å². The van der Waals surface area contributed by atoms with Gasteiger partial charge in [-0.3, -0.25) is 9.78 Å². The van der Waals surface area contributed by atoms with Gasteiger partial charge in [0.1, 0.15) is 43.5 Å². The average Bonchev–Trinajstić information content (AvgIpc) is 3.76. The molecule has 1 amide bonds. The summed E-state index contributed by atoms with van der Waals surface area (Å²) in [5, 5.41) is 13.8. The fraction of sp³-hybridized carbons (Fsp3) is 0.286. The lowest BCUT2D eigenvalue weighted by Crippen LogP contribution is -2.38. The third-order valence-corrected chi connectivity index (χ3v) is 6.50. The molecule has 1 fully saturated rings. The maximum Gasteiger partial charge on any atom is 0.248 e. The summed E-state index contributed by atoms with van der Waals surface area (Å²) in [6.07, 6.45) is 5.44. The first-order chi connectivity index (χ1) is 18.6. The van der Waals surface area contributed by atoms with Crippen molar-refractivity contribution in [1.29, 1.82) is 0 Å². The zero-order valence-electron chi connectivity index (χ0n) is 20.7. The highest BCUT2D eigenvalue weighted by atomic mass is 35.5. The molecule has 0 radical (unpaired) electrons. The number of pyridine rings is 1. The summed E-state index contributed by atoms with van der Waals surface area (Å²) >= 11 is 6.49. The van der Waals surface area contributed by atoms with E-state index in [4.69, 9.17) is 21.1 Å². The summed E-state index contributed by atoms with van der Waals surface area (Å²) in [4.78, 5) is 26.9. The number of aromatic nitrogens is 3. The lowest BCUT2D eigenvalue weighted by atomic mass is 10.2. The van der Waals surface area contributed by atoms with E-state index in [-0.39, 0.29) is 12.5 Å². The Morgan fingerprint density at radius 3 is 2.71 bits per heavy atom. The molecule has 0 spiro atoms. The average molecular weight is 534 g/mol. The van der Waals surface area contributed by atoms with E-state index in [1.165, 1.54) is 6.33 Å². The topological polar surface area (TPSA) is 110 Å². The minimum absolute atomic E-state index is 0.278. The number of benzene rings is 2. The highest BCUT2D eigenvalue weighted by molar-refractivity contribution is 6.32. The Bertz CT molecular complexity index is 1400. The second-order valence-corrected chi connectivity index (χ2v) is 9.45. The highest BCUT2D eigenvalue weighted by Crippen LogP contribution is 2.34. The molecule has 4 aromatic rings. The Balaban J connectivity index is 1.29. The normalized spacial score (nSPS) is 12.8. The van der Waals surface area contributed by atoms with Crippen LogP contribution in [0.15, 0.2) is 67.1 Å². The lowest BCUT2D eigenvalue weighted by Gasteiger charge is -2.22. The summed E-state index contributed by atoms with van der Waals surface area (Å²) in [7, 11) is 0. The Morgan fingerprint density at radius 2 is 1.95 bits per heavy atom. The molecule has 196 valence electrons. The maximum atomic E-state index is 12.1. The largest absolute Gasteiger partial charge is 0.491 e. The molecular formula is C28H28ClN5O4. The van der Waals surface area contributed by atoms with Crippen LogP contribution in [0.1, 0.15) is 18.5 Å². The van der Waals surface area contributed by atoms with Gasteiger partial charge in [0.2, 0.25) is 5.91 Å². The number of hydrogen-bond acceptors (Lipinski definition) is 8. The Kier molecular flexibility index (Phi) is 8.15. The number of amides is 1. The summed E-state index contributed by atoms with van der Waals surface area (Å²) in [5.41, 5.74) is 2.24. The van der Waals surface area contributed by atoms with E-state index in [1.54, 1.807) is 23.2 Å². The Labute approximate surface area is 225 Å². The van der Waals surface area contributed by atoms with Crippen LogP contribution in [0.5, 0.6) is 11.5 Å². The van der Waals surface area contributed by atoms with Crippen molar-refractivity contribution in [2.45, 2.75) is 19.4 Å². The Morgan fingerprint density at radius 1 is 1.05 bits per heavy atom. The minimum Gasteiger partial charge on any atom is -0.491 e. The third kappa shape index (κ3) is 6.48. The molecule has 5 rings (SSSR count). The number of fused-ring (bicyclic) bond motifs is 1. The van der Waals surface area contributed by atoms with E-state index in [2.05, 4.69) is 20.3 Å². The predicted octanol–water partition coefficient (Wildman–Crippen LogP) is 4.61. The zero-order chi connectivity index (χ0) is 26.3. The van der Waals surface area contributed by atoms with Gasteiger partial charge in [0.15, 0.2) is 0 Å². The predicted molar refractivity (Wildman–Crippen MR) is 145 cm³/mol. The summed E-state index contributed by atoms with van der Waals surface area (Å²) < 4.78 is 11.9. The van der Waals surface area contributed by atoms with Crippen LogP contribution in [0.25, 0.3) is 10.9 Å². The van der Waals surface area contributed by atoms with Crippen molar-refractivity contribution in [3.63, 3.8) is 0 Å².